The Morgan fingerprint density at radius 3 is 2.69 bits per heavy atom. The zero-order chi connectivity index (χ0) is 12.1. The van der Waals surface area contributed by atoms with Crippen molar-refractivity contribution in [1.29, 1.82) is 0 Å². The molecule has 0 radical (unpaired) electrons. The summed E-state index contributed by atoms with van der Waals surface area (Å²) >= 11 is 5.89. The third-order valence-corrected chi connectivity index (χ3v) is 2.36. The zero-order valence-electron chi connectivity index (χ0n) is 9.40. The minimum absolute atomic E-state index is 0.407. The normalized spacial score (nSPS) is 11.9. The standard InChI is InChI=1S/C13H15ClO2/c1-9(2)6-11(8-13(15)16)10-4-3-5-12(14)7-10/h3-5,7-9H,6H2,1-2H3,(H,15,16)/b11-8+. The van der Waals surface area contributed by atoms with E-state index in [-0.39, 0.29) is 0 Å². The number of carbonyl (C=O) groups is 1. The molecule has 2 nitrogen and oxygen atoms in total. The Bertz CT molecular complexity index is 408. The van der Waals surface area contributed by atoms with E-state index < -0.39 is 5.97 Å². The molecule has 0 aliphatic carbocycles. The maximum atomic E-state index is 10.7. The first-order chi connectivity index (χ1) is 7.49. The van der Waals surface area contributed by atoms with Gasteiger partial charge in [0.25, 0.3) is 0 Å². The number of rotatable bonds is 4. The maximum Gasteiger partial charge on any atom is 0.328 e. The number of halogens is 1. The van der Waals surface area contributed by atoms with Crippen molar-refractivity contribution in [3.05, 3.63) is 40.9 Å². The first kappa shape index (κ1) is 12.8. The summed E-state index contributed by atoms with van der Waals surface area (Å²) < 4.78 is 0. The van der Waals surface area contributed by atoms with Gasteiger partial charge in [0.05, 0.1) is 0 Å². The van der Waals surface area contributed by atoms with Crippen LogP contribution in [0.4, 0.5) is 0 Å². The molecule has 0 saturated carbocycles. The van der Waals surface area contributed by atoms with E-state index in [1.165, 1.54) is 6.08 Å². The first-order valence-electron chi connectivity index (χ1n) is 5.18. The van der Waals surface area contributed by atoms with Gasteiger partial charge in [-0.05, 0) is 35.6 Å². The predicted octanol–water partition coefficient (Wildman–Crippen LogP) is 3.85. The van der Waals surface area contributed by atoms with Crippen LogP contribution in [0.25, 0.3) is 5.57 Å². The van der Waals surface area contributed by atoms with Gasteiger partial charge in [0.2, 0.25) is 0 Å². The van der Waals surface area contributed by atoms with E-state index in [0.29, 0.717) is 10.9 Å². The Hall–Kier alpha value is -1.28. The highest BCUT2D eigenvalue weighted by Crippen LogP contribution is 2.24. The highest BCUT2D eigenvalue weighted by atomic mass is 35.5. The summed E-state index contributed by atoms with van der Waals surface area (Å²) in [5, 5.41) is 9.44. The third-order valence-electron chi connectivity index (χ3n) is 2.12. The fourth-order valence-corrected chi connectivity index (χ4v) is 1.73. The van der Waals surface area contributed by atoms with Gasteiger partial charge in [0, 0.05) is 11.1 Å². The summed E-state index contributed by atoms with van der Waals surface area (Å²) in [5.74, 6) is -0.514. The number of hydrogen-bond donors (Lipinski definition) is 1. The molecule has 0 fully saturated rings. The molecule has 1 aromatic rings. The van der Waals surface area contributed by atoms with E-state index in [1.54, 1.807) is 12.1 Å². The minimum atomic E-state index is -0.921. The van der Waals surface area contributed by atoms with E-state index in [4.69, 9.17) is 16.7 Å². The van der Waals surface area contributed by atoms with Crippen LogP contribution in [0.5, 0.6) is 0 Å². The number of hydrogen-bond acceptors (Lipinski definition) is 1. The number of carboxylic acids is 1. The molecule has 0 unspecified atom stereocenters. The van der Waals surface area contributed by atoms with Crippen molar-refractivity contribution < 1.29 is 9.90 Å². The molecule has 0 spiro atoms. The SMILES string of the molecule is CC(C)C/C(=C\C(=O)O)c1cccc(Cl)c1. The van der Waals surface area contributed by atoms with Crippen LogP contribution in [0.3, 0.4) is 0 Å². The maximum absolute atomic E-state index is 10.7. The average molecular weight is 239 g/mol. The second-order valence-corrected chi connectivity index (χ2v) is 4.55. The average Bonchev–Trinajstić information content (AvgIpc) is 2.15. The van der Waals surface area contributed by atoms with Crippen molar-refractivity contribution in [3.8, 4) is 0 Å². The van der Waals surface area contributed by atoms with Crippen molar-refractivity contribution >= 4 is 23.1 Å². The molecule has 0 heterocycles. The molecule has 3 heteroatoms. The Kier molecular flexibility index (Phi) is 4.56. The Balaban J connectivity index is 3.06. The lowest BCUT2D eigenvalue weighted by Gasteiger charge is -2.10. The molecule has 86 valence electrons. The van der Waals surface area contributed by atoms with Crippen LogP contribution >= 0.6 is 11.6 Å². The largest absolute Gasteiger partial charge is 0.478 e. The summed E-state index contributed by atoms with van der Waals surface area (Å²) in [4.78, 5) is 10.7. The third kappa shape index (κ3) is 4.07. The van der Waals surface area contributed by atoms with Gasteiger partial charge in [-0.2, -0.15) is 0 Å². The molecule has 0 atom stereocenters. The lowest BCUT2D eigenvalue weighted by atomic mass is 9.96. The fourth-order valence-electron chi connectivity index (χ4n) is 1.54. The van der Waals surface area contributed by atoms with Crippen molar-refractivity contribution in [1.82, 2.24) is 0 Å². The van der Waals surface area contributed by atoms with Gasteiger partial charge in [-0.25, -0.2) is 4.79 Å². The van der Waals surface area contributed by atoms with Crippen molar-refractivity contribution in [2.24, 2.45) is 5.92 Å². The Morgan fingerprint density at radius 1 is 1.50 bits per heavy atom. The minimum Gasteiger partial charge on any atom is -0.478 e. The van der Waals surface area contributed by atoms with Gasteiger partial charge in [-0.1, -0.05) is 37.6 Å². The lowest BCUT2D eigenvalue weighted by molar-refractivity contribution is -0.131. The smallest absolute Gasteiger partial charge is 0.328 e. The second-order valence-electron chi connectivity index (χ2n) is 4.12. The molecule has 0 amide bonds. The van der Waals surface area contributed by atoms with Crippen molar-refractivity contribution in [2.75, 3.05) is 0 Å². The van der Waals surface area contributed by atoms with Crippen LogP contribution in [-0.2, 0) is 4.79 Å². The van der Waals surface area contributed by atoms with Gasteiger partial charge in [0.15, 0.2) is 0 Å². The molecule has 0 saturated heterocycles. The molecule has 0 aromatic heterocycles. The number of benzene rings is 1. The van der Waals surface area contributed by atoms with Gasteiger partial charge in [-0.3, -0.25) is 0 Å². The fraction of sp³-hybridized carbons (Fsp3) is 0.308. The summed E-state index contributed by atoms with van der Waals surface area (Å²) in [7, 11) is 0. The molecule has 0 aliphatic heterocycles. The number of carboxylic acid groups (broad SMARTS) is 1. The summed E-state index contributed by atoms with van der Waals surface area (Å²) in [6.45, 7) is 4.11. The van der Waals surface area contributed by atoms with Crippen LogP contribution in [0.2, 0.25) is 5.02 Å². The molecule has 1 aromatic carbocycles. The lowest BCUT2D eigenvalue weighted by Crippen LogP contribution is -1.96. The predicted molar refractivity (Wildman–Crippen MR) is 66.5 cm³/mol. The molecule has 0 bridgehead atoms. The highest BCUT2D eigenvalue weighted by molar-refractivity contribution is 6.30. The van der Waals surface area contributed by atoms with E-state index in [9.17, 15) is 4.79 Å². The van der Waals surface area contributed by atoms with Gasteiger partial charge in [0.1, 0.15) is 0 Å². The van der Waals surface area contributed by atoms with Crippen LogP contribution in [0.15, 0.2) is 30.3 Å². The molecule has 0 aliphatic rings. The molecule has 1 rings (SSSR count). The molecule has 1 N–H and O–H groups in total. The number of allylic oxidation sites excluding steroid dienone is 1. The van der Waals surface area contributed by atoms with Gasteiger partial charge in [-0.15, -0.1) is 0 Å². The summed E-state index contributed by atoms with van der Waals surface area (Å²) in [6.07, 6.45) is 1.98. The van der Waals surface area contributed by atoms with E-state index in [1.807, 2.05) is 12.1 Å². The van der Waals surface area contributed by atoms with E-state index in [2.05, 4.69) is 13.8 Å². The summed E-state index contributed by atoms with van der Waals surface area (Å²) in [6, 6.07) is 7.27. The molecule has 16 heavy (non-hydrogen) atoms. The zero-order valence-corrected chi connectivity index (χ0v) is 10.2. The summed E-state index contributed by atoms with van der Waals surface area (Å²) in [5.41, 5.74) is 1.69. The van der Waals surface area contributed by atoms with Crippen molar-refractivity contribution in [3.63, 3.8) is 0 Å². The molecular formula is C13H15ClO2. The van der Waals surface area contributed by atoms with E-state index in [0.717, 1.165) is 17.6 Å². The van der Waals surface area contributed by atoms with Crippen LogP contribution in [-0.4, -0.2) is 11.1 Å². The topological polar surface area (TPSA) is 37.3 Å². The van der Waals surface area contributed by atoms with Gasteiger partial charge >= 0.3 is 5.97 Å². The van der Waals surface area contributed by atoms with Gasteiger partial charge < -0.3 is 5.11 Å². The van der Waals surface area contributed by atoms with E-state index >= 15 is 0 Å². The Labute approximate surface area is 101 Å². The number of aliphatic carboxylic acids is 1. The van der Waals surface area contributed by atoms with Crippen LogP contribution in [0.1, 0.15) is 25.8 Å². The first-order valence-corrected chi connectivity index (χ1v) is 5.56. The van der Waals surface area contributed by atoms with Crippen molar-refractivity contribution in [2.45, 2.75) is 20.3 Å². The quantitative estimate of drug-likeness (QED) is 0.809. The highest BCUT2D eigenvalue weighted by Gasteiger charge is 2.07. The monoisotopic (exact) mass is 238 g/mol. The molecular weight excluding hydrogens is 224 g/mol. The Morgan fingerprint density at radius 2 is 2.19 bits per heavy atom. The van der Waals surface area contributed by atoms with Crippen LogP contribution < -0.4 is 0 Å². The second kappa shape index (κ2) is 5.71. The van der Waals surface area contributed by atoms with Crippen LogP contribution in [0, 0.1) is 5.92 Å².